The van der Waals surface area contributed by atoms with E-state index in [9.17, 15) is 4.79 Å². The molecule has 1 saturated heterocycles. The van der Waals surface area contributed by atoms with E-state index < -0.39 is 0 Å². The molecule has 0 aromatic heterocycles. The molecule has 4 nitrogen and oxygen atoms in total. The molecular formula is C13H14N2O2. The van der Waals surface area contributed by atoms with Gasteiger partial charge in [0.05, 0.1) is 24.6 Å². The van der Waals surface area contributed by atoms with Crippen molar-refractivity contribution < 1.29 is 9.53 Å². The Labute approximate surface area is 99.9 Å². The van der Waals surface area contributed by atoms with Gasteiger partial charge in [0, 0.05) is 6.42 Å². The van der Waals surface area contributed by atoms with Gasteiger partial charge in [-0.2, -0.15) is 10.1 Å². The van der Waals surface area contributed by atoms with Crippen LogP contribution >= 0.6 is 0 Å². The zero-order valence-electron chi connectivity index (χ0n) is 9.72. The van der Waals surface area contributed by atoms with Gasteiger partial charge < -0.3 is 4.74 Å². The van der Waals surface area contributed by atoms with Crippen LogP contribution in [0.3, 0.4) is 0 Å². The summed E-state index contributed by atoms with van der Waals surface area (Å²) in [6.07, 6.45) is 0.763. The standard InChI is InChI=1S/C13H14N2O2/c1-9-4-2-3-5-12(9)15-13(16)10-8-17-7-6-11(10)14-15/h2-5,10H,6-8H2,1H3. The molecule has 1 aromatic carbocycles. The molecule has 1 unspecified atom stereocenters. The molecule has 2 aliphatic rings. The number of rotatable bonds is 1. The van der Waals surface area contributed by atoms with Crippen molar-refractivity contribution in [2.24, 2.45) is 11.0 Å². The van der Waals surface area contributed by atoms with E-state index in [0.29, 0.717) is 13.2 Å². The van der Waals surface area contributed by atoms with Gasteiger partial charge in [0.15, 0.2) is 0 Å². The molecule has 88 valence electrons. The molecule has 17 heavy (non-hydrogen) atoms. The third-order valence-electron chi connectivity index (χ3n) is 3.27. The van der Waals surface area contributed by atoms with E-state index in [1.807, 2.05) is 31.2 Å². The van der Waals surface area contributed by atoms with E-state index in [0.717, 1.165) is 23.4 Å². The summed E-state index contributed by atoms with van der Waals surface area (Å²) in [5.41, 5.74) is 2.90. The number of anilines is 1. The van der Waals surface area contributed by atoms with E-state index in [2.05, 4.69) is 5.10 Å². The monoisotopic (exact) mass is 230 g/mol. The highest BCUT2D eigenvalue weighted by atomic mass is 16.5. The third kappa shape index (κ3) is 1.65. The predicted molar refractivity (Wildman–Crippen MR) is 65.0 cm³/mol. The lowest BCUT2D eigenvalue weighted by molar-refractivity contribution is -0.121. The fraction of sp³-hybridized carbons (Fsp3) is 0.385. The Morgan fingerprint density at radius 2 is 2.24 bits per heavy atom. The van der Waals surface area contributed by atoms with Gasteiger partial charge >= 0.3 is 0 Å². The van der Waals surface area contributed by atoms with Crippen LogP contribution in [-0.2, 0) is 9.53 Å². The first kappa shape index (κ1) is 10.5. The molecule has 3 rings (SSSR count). The first-order valence-electron chi connectivity index (χ1n) is 5.82. The van der Waals surface area contributed by atoms with Crippen LogP contribution in [0.5, 0.6) is 0 Å². The largest absolute Gasteiger partial charge is 0.380 e. The lowest BCUT2D eigenvalue weighted by atomic mass is 10.00. The average molecular weight is 230 g/mol. The maximum Gasteiger partial charge on any atom is 0.258 e. The maximum absolute atomic E-state index is 12.2. The van der Waals surface area contributed by atoms with Gasteiger partial charge in [-0.1, -0.05) is 18.2 Å². The van der Waals surface area contributed by atoms with Gasteiger partial charge in [-0.15, -0.1) is 0 Å². The summed E-state index contributed by atoms with van der Waals surface area (Å²) < 4.78 is 5.34. The van der Waals surface area contributed by atoms with Gasteiger partial charge in [0.1, 0.15) is 5.92 Å². The van der Waals surface area contributed by atoms with E-state index in [-0.39, 0.29) is 11.8 Å². The molecule has 1 aromatic rings. The number of benzene rings is 1. The predicted octanol–water partition coefficient (Wildman–Crippen LogP) is 1.73. The highest BCUT2D eigenvalue weighted by Crippen LogP contribution is 2.29. The van der Waals surface area contributed by atoms with Crippen molar-refractivity contribution in [3.63, 3.8) is 0 Å². The van der Waals surface area contributed by atoms with E-state index in [1.165, 1.54) is 5.01 Å². The number of carbonyl (C=O) groups is 1. The number of hydrazone groups is 1. The summed E-state index contributed by atoms with van der Waals surface area (Å²) >= 11 is 0. The maximum atomic E-state index is 12.2. The molecule has 1 atom stereocenters. The van der Waals surface area contributed by atoms with Crippen LogP contribution in [-0.4, -0.2) is 24.8 Å². The molecule has 0 aliphatic carbocycles. The topological polar surface area (TPSA) is 41.9 Å². The van der Waals surface area contributed by atoms with Crippen molar-refractivity contribution in [1.29, 1.82) is 0 Å². The fourth-order valence-corrected chi connectivity index (χ4v) is 2.28. The molecule has 0 spiro atoms. The molecule has 0 radical (unpaired) electrons. The number of carbonyl (C=O) groups excluding carboxylic acids is 1. The van der Waals surface area contributed by atoms with Crippen LogP contribution in [0.15, 0.2) is 29.4 Å². The van der Waals surface area contributed by atoms with E-state index in [4.69, 9.17) is 4.74 Å². The van der Waals surface area contributed by atoms with Gasteiger partial charge in [0.25, 0.3) is 5.91 Å². The van der Waals surface area contributed by atoms with Crippen molar-refractivity contribution >= 4 is 17.3 Å². The molecule has 1 fully saturated rings. The van der Waals surface area contributed by atoms with Crippen LogP contribution in [0.4, 0.5) is 5.69 Å². The minimum atomic E-state index is -0.164. The third-order valence-corrected chi connectivity index (χ3v) is 3.27. The quantitative estimate of drug-likeness (QED) is 0.737. The van der Waals surface area contributed by atoms with Crippen LogP contribution in [0, 0.1) is 12.8 Å². The first-order chi connectivity index (χ1) is 8.27. The van der Waals surface area contributed by atoms with Crippen molar-refractivity contribution in [1.82, 2.24) is 0 Å². The average Bonchev–Trinajstić information content (AvgIpc) is 2.68. The van der Waals surface area contributed by atoms with E-state index >= 15 is 0 Å². The minimum Gasteiger partial charge on any atom is -0.380 e. The molecule has 0 N–H and O–H groups in total. The zero-order chi connectivity index (χ0) is 11.8. The summed E-state index contributed by atoms with van der Waals surface area (Å²) in [5.74, 6) is -0.127. The number of fused-ring (bicyclic) bond motifs is 1. The second kappa shape index (κ2) is 3.96. The number of aryl methyl sites for hydroxylation is 1. The second-order valence-electron chi connectivity index (χ2n) is 4.41. The van der Waals surface area contributed by atoms with Crippen molar-refractivity contribution in [3.8, 4) is 0 Å². The minimum absolute atomic E-state index is 0.0361. The van der Waals surface area contributed by atoms with Gasteiger partial charge in [-0.25, -0.2) is 0 Å². The van der Waals surface area contributed by atoms with Crippen molar-refractivity contribution in [2.45, 2.75) is 13.3 Å². The molecule has 2 heterocycles. The fourth-order valence-electron chi connectivity index (χ4n) is 2.28. The molecule has 1 amide bonds. The summed E-state index contributed by atoms with van der Waals surface area (Å²) in [6.45, 7) is 3.13. The number of ether oxygens (including phenoxy) is 1. The number of hydrogen-bond donors (Lipinski definition) is 0. The lowest BCUT2D eigenvalue weighted by Gasteiger charge is -2.18. The van der Waals surface area contributed by atoms with Crippen LogP contribution in [0.25, 0.3) is 0 Å². The van der Waals surface area contributed by atoms with E-state index in [1.54, 1.807) is 0 Å². The Bertz CT molecular complexity index is 496. The Hall–Kier alpha value is -1.68. The van der Waals surface area contributed by atoms with Crippen LogP contribution in [0.2, 0.25) is 0 Å². The SMILES string of the molecule is Cc1ccccc1N1N=C2CCOCC2C1=O. The summed E-state index contributed by atoms with van der Waals surface area (Å²) in [7, 11) is 0. The molecule has 0 saturated carbocycles. The second-order valence-corrected chi connectivity index (χ2v) is 4.41. The smallest absolute Gasteiger partial charge is 0.258 e. The van der Waals surface area contributed by atoms with Crippen LogP contribution < -0.4 is 5.01 Å². The molecular weight excluding hydrogens is 216 g/mol. The molecule has 0 bridgehead atoms. The van der Waals surface area contributed by atoms with Crippen molar-refractivity contribution in [3.05, 3.63) is 29.8 Å². The van der Waals surface area contributed by atoms with Crippen LogP contribution in [0.1, 0.15) is 12.0 Å². The van der Waals surface area contributed by atoms with Gasteiger partial charge in [-0.3, -0.25) is 4.79 Å². The number of para-hydroxylation sites is 1. The summed E-state index contributed by atoms with van der Waals surface area (Å²) in [6, 6.07) is 7.80. The van der Waals surface area contributed by atoms with Crippen molar-refractivity contribution in [2.75, 3.05) is 18.2 Å². The lowest BCUT2D eigenvalue weighted by Crippen LogP contribution is -2.34. The summed E-state index contributed by atoms with van der Waals surface area (Å²) in [5, 5.41) is 5.97. The number of hydrogen-bond acceptors (Lipinski definition) is 3. The highest BCUT2D eigenvalue weighted by Gasteiger charge is 2.38. The van der Waals surface area contributed by atoms with Gasteiger partial charge in [0.2, 0.25) is 0 Å². The Kier molecular flexibility index (Phi) is 2.44. The Morgan fingerprint density at radius 1 is 1.41 bits per heavy atom. The van der Waals surface area contributed by atoms with Gasteiger partial charge in [-0.05, 0) is 18.6 Å². The Balaban J connectivity index is 1.98. The Morgan fingerprint density at radius 3 is 3.00 bits per heavy atom. The first-order valence-corrected chi connectivity index (χ1v) is 5.82. The molecule has 2 aliphatic heterocycles. The number of amides is 1. The normalized spacial score (nSPS) is 23.6. The highest BCUT2D eigenvalue weighted by molar-refractivity contribution is 6.16. The number of nitrogens with zero attached hydrogens (tertiary/aromatic N) is 2. The zero-order valence-corrected chi connectivity index (χ0v) is 9.72. The molecule has 4 heteroatoms. The summed E-state index contributed by atoms with van der Waals surface area (Å²) in [4.78, 5) is 12.2.